The Morgan fingerprint density at radius 2 is 2.00 bits per heavy atom. The van der Waals surface area contributed by atoms with Gasteiger partial charge in [-0.15, -0.1) is 0 Å². The van der Waals surface area contributed by atoms with Gasteiger partial charge < -0.3 is 10.6 Å². The molecular weight excluding hydrogens is 280 g/mol. The molecule has 1 aromatic heterocycles. The molecule has 2 N–H and O–H groups in total. The number of allylic oxidation sites excluding steroid dienone is 1. The van der Waals surface area contributed by atoms with E-state index in [4.69, 9.17) is 0 Å². The second kappa shape index (κ2) is 8.42. The smallest absolute Gasteiger partial charge is 0.165 e. The summed E-state index contributed by atoms with van der Waals surface area (Å²) in [7, 11) is 0. The van der Waals surface area contributed by atoms with Gasteiger partial charge >= 0.3 is 0 Å². The van der Waals surface area contributed by atoms with Crippen molar-refractivity contribution in [2.24, 2.45) is 0 Å². The fourth-order valence-corrected chi connectivity index (χ4v) is 2.59. The molecule has 0 radical (unpaired) electrons. The molecule has 5 heteroatoms. The molecule has 2 aromatic rings. The van der Waals surface area contributed by atoms with Crippen molar-refractivity contribution in [2.45, 2.75) is 39.3 Å². The third-order valence-electron chi connectivity index (χ3n) is 3.22. The predicted molar refractivity (Wildman–Crippen MR) is 89.3 cm³/mol. The topological polar surface area (TPSA) is 49.8 Å². The third-order valence-corrected chi connectivity index (χ3v) is 3.78. The molecule has 0 unspecified atom stereocenters. The van der Waals surface area contributed by atoms with Crippen LogP contribution in [-0.4, -0.2) is 8.75 Å². The Hall–Kier alpha value is -1.88. The monoisotopic (exact) mass is 302 g/mol. The first-order valence-corrected chi connectivity index (χ1v) is 8.09. The summed E-state index contributed by atoms with van der Waals surface area (Å²) in [4.78, 5) is 0. The molecule has 0 fully saturated rings. The van der Waals surface area contributed by atoms with Gasteiger partial charge in [0, 0.05) is 0 Å². The maximum atomic E-state index is 4.38. The lowest BCUT2D eigenvalue weighted by molar-refractivity contribution is 0.740. The first kappa shape index (κ1) is 15.5. The third kappa shape index (κ3) is 4.56. The first-order valence-electron chi connectivity index (χ1n) is 7.36. The van der Waals surface area contributed by atoms with E-state index < -0.39 is 0 Å². The van der Waals surface area contributed by atoms with Gasteiger partial charge in [0.2, 0.25) is 0 Å². The summed E-state index contributed by atoms with van der Waals surface area (Å²) >= 11 is 1.25. The number of benzene rings is 1. The van der Waals surface area contributed by atoms with E-state index in [1.165, 1.54) is 17.3 Å². The van der Waals surface area contributed by atoms with Crippen LogP contribution in [-0.2, 0) is 6.54 Å². The molecule has 0 saturated heterocycles. The summed E-state index contributed by atoms with van der Waals surface area (Å²) in [6, 6.07) is 10.7. The minimum atomic E-state index is 0.264. The van der Waals surface area contributed by atoms with Crippen molar-refractivity contribution < 1.29 is 0 Å². The van der Waals surface area contributed by atoms with Crippen LogP contribution in [0.3, 0.4) is 0 Å². The summed E-state index contributed by atoms with van der Waals surface area (Å²) in [5, 5.41) is 6.75. The highest BCUT2D eigenvalue weighted by Gasteiger charge is 2.13. The number of nitrogens with zero attached hydrogens (tertiary/aromatic N) is 2. The molecule has 21 heavy (non-hydrogen) atoms. The van der Waals surface area contributed by atoms with Gasteiger partial charge in [-0.3, -0.25) is 0 Å². The lowest BCUT2D eigenvalue weighted by Gasteiger charge is -2.17. The number of hydrogen-bond acceptors (Lipinski definition) is 5. The first-order chi connectivity index (χ1) is 10.3. The lowest BCUT2D eigenvalue weighted by atomic mass is 10.0. The van der Waals surface area contributed by atoms with Crippen LogP contribution in [0.2, 0.25) is 0 Å². The second-order valence-electron chi connectivity index (χ2n) is 4.77. The van der Waals surface area contributed by atoms with E-state index in [0.717, 1.165) is 24.4 Å². The van der Waals surface area contributed by atoms with Gasteiger partial charge in [-0.25, -0.2) is 0 Å². The summed E-state index contributed by atoms with van der Waals surface area (Å²) in [5.41, 5.74) is 2.24. The van der Waals surface area contributed by atoms with Crippen LogP contribution in [0.15, 0.2) is 42.6 Å². The van der Waals surface area contributed by atoms with Crippen LogP contribution in [0.4, 0.5) is 5.82 Å². The maximum absolute atomic E-state index is 4.38. The van der Waals surface area contributed by atoms with E-state index in [1.807, 2.05) is 12.3 Å². The fraction of sp³-hybridized carbons (Fsp3) is 0.375. The summed E-state index contributed by atoms with van der Waals surface area (Å²) in [6.45, 7) is 4.98. The number of nitrogens with one attached hydrogen (secondary N) is 2. The van der Waals surface area contributed by atoms with Gasteiger partial charge in [-0.05, 0) is 24.6 Å². The molecule has 4 nitrogen and oxygen atoms in total. The molecule has 0 saturated carbocycles. The van der Waals surface area contributed by atoms with E-state index in [-0.39, 0.29) is 6.04 Å². The summed E-state index contributed by atoms with van der Waals surface area (Å²) < 4.78 is 8.75. The maximum Gasteiger partial charge on any atom is 0.165 e. The van der Waals surface area contributed by atoms with Crippen LogP contribution in [0, 0.1) is 0 Å². The normalized spacial score (nSPS) is 12.5. The van der Waals surface area contributed by atoms with Crippen LogP contribution >= 0.6 is 11.7 Å². The van der Waals surface area contributed by atoms with Gasteiger partial charge in [0.15, 0.2) is 5.82 Å². The van der Waals surface area contributed by atoms with Crippen molar-refractivity contribution in [1.82, 2.24) is 14.1 Å². The van der Waals surface area contributed by atoms with Gasteiger partial charge in [0.1, 0.15) is 5.69 Å². The molecular formula is C16H22N4S. The minimum absolute atomic E-state index is 0.264. The van der Waals surface area contributed by atoms with Gasteiger partial charge in [-0.2, -0.15) is 8.75 Å². The van der Waals surface area contributed by atoms with Crippen molar-refractivity contribution in [1.29, 1.82) is 0 Å². The highest BCUT2D eigenvalue weighted by Crippen LogP contribution is 2.23. The molecule has 1 aromatic carbocycles. The van der Waals surface area contributed by atoms with E-state index >= 15 is 0 Å². The van der Waals surface area contributed by atoms with Crippen molar-refractivity contribution in [3.8, 4) is 0 Å². The van der Waals surface area contributed by atoms with Crippen molar-refractivity contribution in [3.63, 3.8) is 0 Å². The van der Waals surface area contributed by atoms with Gasteiger partial charge in [0.25, 0.3) is 0 Å². The van der Waals surface area contributed by atoms with Crippen LogP contribution in [0.25, 0.3) is 0 Å². The quantitative estimate of drug-likeness (QED) is 0.770. The molecule has 2 rings (SSSR count). The Labute approximate surface area is 130 Å². The van der Waals surface area contributed by atoms with Gasteiger partial charge in [0.05, 0.1) is 24.3 Å². The molecule has 0 spiro atoms. The SMILES string of the molecule is CC/C=C/NCc1nsnc1N[C@@H](CC)c1ccccc1. The second-order valence-corrected chi connectivity index (χ2v) is 5.30. The molecule has 0 amide bonds. The Bertz CT molecular complexity index is 550. The zero-order valence-electron chi connectivity index (χ0n) is 12.5. The Morgan fingerprint density at radius 1 is 1.19 bits per heavy atom. The molecule has 0 aliphatic carbocycles. The Kier molecular flexibility index (Phi) is 6.22. The molecule has 0 aliphatic rings. The highest BCUT2D eigenvalue weighted by atomic mass is 32.1. The molecule has 0 aliphatic heterocycles. The van der Waals surface area contributed by atoms with Crippen LogP contribution in [0.5, 0.6) is 0 Å². The van der Waals surface area contributed by atoms with Crippen molar-refractivity contribution in [2.75, 3.05) is 5.32 Å². The van der Waals surface area contributed by atoms with E-state index in [2.05, 4.69) is 63.6 Å². The highest BCUT2D eigenvalue weighted by molar-refractivity contribution is 6.99. The zero-order valence-corrected chi connectivity index (χ0v) is 13.4. The number of aromatic nitrogens is 2. The zero-order chi connectivity index (χ0) is 14.9. The average Bonchev–Trinajstić information content (AvgIpc) is 2.97. The van der Waals surface area contributed by atoms with Crippen molar-refractivity contribution >= 4 is 17.5 Å². The molecule has 112 valence electrons. The number of anilines is 1. The van der Waals surface area contributed by atoms with Gasteiger partial charge in [-0.1, -0.05) is 50.3 Å². The Morgan fingerprint density at radius 3 is 2.71 bits per heavy atom. The summed E-state index contributed by atoms with van der Waals surface area (Å²) in [5.74, 6) is 0.883. The van der Waals surface area contributed by atoms with Crippen molar-refractivity contribution in [3.05, 3.63) is 53.9 Å². The van der Waals surface area contributed by atoms with Crippen LogP contribution in [0.1, 0.15) is 44.0 Å². The van der Waals surface area contributed by atoms with E-state index in [0.29, 0.717) is 6.54 Å². The summed E-state index contributed by atoms with van der Waals surface area (Å²) in [6.07, 6.45) is 6.09. The average molecular weight is 302 g/mol. The van der Waals surface area contributed by atoms with E-state index in [1.54, 1.807) is 0 Å². The predicted octanol–water partition coefficient (Wildman–Crippen LogP) is 4.11. The molecule has 1 atom stereocenters. The molecule has 0 bridgehead atoms. The molecule has 1 heterocycles. The fourth-order valence-electron chi connectivity index (χ4n) is 2.06. The number of rotatable bonds is 8. The largest absolute Gasteiger partial charge is 0.385 e. The van der Waals surface area contributed by atoms with E-state index in [9.17, 15) is 0 Å². The lowest BCUT2D eigenvalue weighted by Crippen LogP contribution is -2.13. The standard InChI is InChI=1S/C16H22N4S/c1-3-5-11-17-12-15-16(20-21-19-15)18-14(4-2)13-9-7-6-8-10-13/h5-11,14,17H,3-4,12H2,1-2H3,(H,18,20)/b11-5+/t14-/m0/s1. The number of hydrogen-bond donors (Lipinski definition) is 2. The minimum Gasteiger partial charge on any atom is -0.385 e. The Balaban J connectivity index is 2.02. The van der Waals surface area contributed by atoms with Crippen LogP contribution < -0.4 is 10.6 Å².